The second-order valence-electron chi connectivity index (χ2n) is 4.89. The average molecular weight is 313 g/mol. The van der Waals surface area contributed by atoms with Crippen molar-refractivity contribution in [3.05, 3.63) is 22.2 Å². The van der Waals surface area contributed by atoms with Gasteiger partial charge in [0.1, 0.15) is 5.75 Å². The van der Waals surface area contributed by atoms with Crippen LogP contribution in [0.4, 0.5) is 5.69 Å². The monoisotopic (exact) mass is 312 g/mol. The molecule has 1 heterocycles. The van der Waals surface area contributed by atoms with Gasteiger partial charge in [-0.2, -0.15) is 0 Å². The van der Waals surface area contributed by atoms with Gasteiger partial charge >= 0.3 is 0 Å². The summed E-state index contributed by atoms with van der Waals surface area (Å²) in [6.45, 7) is 5.39. The molecule has 1 atom stereocenters. The molecule has 1 unspecified atom stereocenters. The molecule has 1 aromatic carbocycles. The van der Waals surface area contributed by atoms with Crippen molar-refractivity contribution in [1.82, 2.24) is 5.32 Å². The molecule has 1 fully saturated rings. The maximum atomic E-state index is 5.44. The number of piperidine rings is 1. The lowest BCUT2D eigenvalue weighted by Crippen LogP contribution is -2.33. The number of rotatable bonds is 4. The van der Waals surface area contributed by atoms with Crippen LogP contribution in [-0.2, 0) is 0 Å². The molecule has 1 aromatic rings. The molecule has 1 aliphatic heterocycles. The predicted octanol–water partition coefficient (Wildman–Crippen LogP) is 3.18. The molecule has 18 heavy (non-hydrogen) atoms. The topological polar surface area (TPSA) is 33.3 Å². The summed E-state index contributed by atoms with van der Waals surface area (Å²) in [5, 5.41) is 6.99. The Morgan fingerprint density at radius 1 is 1.50 bits per heavy atom. The van der Waals surface area contributed by atoms with E-state index in [1.807, 2.05) is 6.07 Å². The van der Waals surface area contributed by atoms with Gasteiger partial charge in [0.15, 0.2) is 0 Å². The molecule has 0 amide bonds. The summed E-state index contributed by atoms with van der Waals surface area (Å²) in [7, 11) is 1.72. The van der Waals surface area contributed by atoms with E-state index in [1.165, 1.54) is 18.4 Å². The first-order chi connectivity index (χ1) is 8.70. The van der Waals surface area contributed by atoms with E-state index in [9.17, 15) is 0 Å². The zero-order chi connectivity index (χ0) is 13.0. The van der Waals surface area contributed by atoms with Crippen molar-refractivity contribution in [3.8, 4) is 5.75 Å². The van der Waals surface area contributed by atoms with Gasteiger partial charge in [-0.25, -0.2) is 0 Å². The third-order valence-corrected chi connectivity index (χ3v) is 3.91. The Morgan fingerprint density at radius 2 is 2.33 bits per heavy atom. The van der Waals surface area contributed by atoms with Gasteiger partial charge < -0.3 is 15.4 Å². The lowest BCUT2D eigenvalue weighted by Gasteiger charge is -2.24. The minimum atomic E-state index is 0.714. The number of nitrogens with one attached hydrogen (secondary N) is 2. The highest BCUT2D eigenvalue weighted by atomic mass is 79.9. The van der Waals surface area contributed by atoms with Crippen molar-refractivity contribution in [2.75, 3.05) is 32.1 Å². The van der Waals surface area contributed by atoms with Crippen LogP contribution >= 0.6 is 15.9 Å². The number of benzene rings is 1. The fourth-order valence-corrected chi connectivity index (χ4v) is 3.00. The van der Waals surface area contributed by atoms with Crippen LogP contribution in [0.5, 0.6) is 5.75 Å². The number of hydrogen-bond acceptors (Lipinski definition) is 3. The van der Waals surface area contributed by atoms with E-state index in [0.29, 0.717) is 5.92 Å². The van der Waals surface area contributed by atoms with Gasteiger partial charge in [0.2, 0.25) is 0 Å². The van der Waals surface area contributed by atoms with Gasteiger partial charge in [-0.3, -0.25) is 0 Å². The fraction of sp³-hybridized carbons (Fsp3) is 0.571. The Labute approximate surface area is 117 Å². The first-order valence-electron chi connectivity index (χ1n) is 6.49. The van der Waals surface area contributed by atoms with Crippen molar-refractivity contribution < 1.29 is 4.74 Å². The van der Waals surface area contributed by atoms with Gasteiger partial charge in [-0.15, -0.1) is 0 Å². The summed E-state index contributed by atoms with van der Waals surface area (Å²) in [6.07, 6.45) is 2.58. The van der Waals surface area contributed by atoms with Crippen LogP contribution in [0.15, 0.2) is 16.6 Å². The van der Waals surface area contributed by atoms with Gasteiger partial charge in [0.05, 0.1) is 12.8 Å². The van der Waals surface area contributed by atoms with E-state index in [1.54, 1.807) is 7.11 Å². The van der Waals surface area contributed by atoms with Crippen LogP contribution in [0.25, 0.3) is 0 Å². The quantitative estimate of drug-likeness (QED) is 0.896. The summed E-state index contributed by atoms with van der Waals surface area (Å²) in [4.78, 5) is 0. The standard InChI is InChI=1S/C14H21BrN2O/c1-10-6-12(15)7-13(18-2)14(10)17-9-11-4-3-5-16-8-11/h6-7,11,16-17H,3-5,8-9H2,1-2H3. The molecule has 4 heteroatoms. The minimum absolute atomic E-state index is 0.714. The molecule has 3 nitrogen and oxygen atoms in total. The first-order valence-corrected chi connectivity index (χ1v) is 7.28. The molecule has 100 valence electrons. The lowest BCUT2D eigenvalue weighted by atomic mass is 9.99. The highest BCUT2D eigenvalue weighted by Crippen LogP contribution is 2.32. The molecule has 0 spiro atoms. The highest BCUT2D eigenvalue weighted by molar-refractivity contribution is 9.10. The van der Waals surface area contributed by atoms with Crippen LogP contribution in [0, 0.1) is 12.8 Å². The third kappa shape index (κ3) is 3.39. The molecule has 2 N–H and O–H groups in total. The number of methoxy groups -OCH3 is 1. The molecule has 0 bridgehead atoms. The van der Waals surface area contributed by atoms with Gasteiger partial charge in [0, 0.05) is 11.0 Å². The molecule has 0 radical (unpaired) electrons. The van der Waals surface area contributed by atoms with Crippen LogP contribution in [0.1, 0.15) is 18.4 Å². The number of hydrogen-bond donors (Lipinski definition) is 2. The molecule has 0 aromatic heterocycles. The predicted molar refractivity (Wildman–Crippen MR) is 79.5 cm³/mol. The van der Waals surface area contributed by atoms with Crippen LogP contribution in [-0.4, -0.2) is 26.7 Å². The van der Waals surface area contributed by atoms with Crippen molar-refractivity contribution in [2.24, 2.45) is 5.92 Å². The fourth-order valence-electron chi connectivity index (χ4n) is 2.44. The van der Waals surface area contributed by atoms with Crippen LogP contribution in [0.2, 0.25) is 0 Å². The molecule has 0 aliphatic carbocycles. The van der Waals surface area contributed by atoms with E-state index in [4.69, 9.17) is 4.74 Å². The van der Waals surface area contributed by atoms with Crippen molar-refractivity contribution in [2.45, 2.75) is 19.8 Å². The molecule has 0 saturated carbocycles. The first kappa shape index (κ1) is 13.7. The minimum Gasteiger partial charge on any atom is -0.495 e. The van der Waals surface area contributed by atoms with Crippen molar-refractivity contribution in [3.63, 3.8) is 0 Å². The Bertz CT molecular complexity index is 403. The van der Waals surface area contributed by atoms with Gasteiger partial charge in [-0.1, -0.05) is 15.9 Å². The SMILES string of the molecule is COc1cc(Br)cc(C)c1NCC1CCCNC1. The van der Waals surface area contributed by atoms with E-state index in [2.05, 4.69) is 39.6 Å². The van der Waals surface area contributed by atoms with Gasteiger partial charge in [-0.05, 0) is 56.5 Å². The second kappa shape index (κ2) is 6.43. The number of aryl methyl sites for hydroxylation is 1. The second-order valence-corrected chi connectivity index (χ2v) is 5.81. The lowest BCUT2D eigenvalue weighted by molar-refractivity contribution is 0.390. The summed E-state index contributed by atoms with van der Waals surface area (Å²) < 4.78 is 6.50. The van der Waals surface area contributed by atoms with Gasteiger partial charge in [0.25, 0.3) is 0 Å². The number of halogens is 1. The Morgan fingerprint density at radius 3 is 3.00 bits per heavy atom. The Balaban J connectivity index is 2.03. The van der Waals surface area contributed by atoms with Crippen LogP contribution in [0.3, 0.4) is 0 Å². The largest absolute Gasteiger partial charge is 0.495 e. The molecule has 2 rings (SSSR count). The maximum Gasteiger partial charge on any atom is 0.143 e. The van der Waals surface area contributed by atoms with Crippen molar-refractivity contribution >= 4 is 21.6 Å². The zero-order valence-corrected chi connectivity index (χ0v) is 12.6. The Hall–Kier alpha value is -0.740. The molecule has 1 saturated heterocycles. The molecular weight excluding hydrogens is 292 g/mol. The molecule has 1 aliphatic rings. The Kier molecular flexibility index (Phi) is 4.89. The summed E-state index contributed by atoms with van der Waals surface area (Å²) in [6, 6.07) is 4.12. The maximum absolute atomic E-state index is 5.44. The van der Waals surface area contributed by atoms with E-state index in [-0.39, 0.29) is 0 Å². The third-order valence-electron chi connectivity index (χ3n) is 3.45. The zero-order valence-electron chi connectivity index (χ0n) is 11.1. The van der Waals surface area contributed by atoms with Crippen molar-refractivity contribution in [1.29, 1.82) is 0 Å². The summed E-state index contributed by atoms with van der Waals surface area (Å²) >= 11 is 3.50. The average Bonchev–Trinajstić information content (AvgIpc) is 2.38. The molecular formula is C14H21BrN2O. The number of anilines is 1. The normalized spacial score (nSPS) is 19.6. The highest BCUT2D eigenvalue weighted by Gasteiger charge is 2.14. The number of ether oxygens (including phenoxy) is 1. The van der Waals surface area contributed by atoms with E-state index in [0.717, 1.165) is 35.5 Å². The van der Waals surface area contributed by atoms with E-state index >= 15 is 0 Å². The van der Waals surface area contributed by atoms with E-state index < -0.39 is 0 Å². The summed E-state index contributed by atoms with van der Waals surface area (Å²) in [5.41, 5.74) is 2.33. The smallest absolute Gasteiger partial charge is 0.143 e. The summed E-state index contributed by atoms with van der Waals surface area (Å²) in [5.74, 6) is 1.62. The van der Waals surface area contributed by atoms with Crippen LogP contribution < -0.4 is 15.4 Å².